The number of aliphatic carboxylic acids is 1. The Morgan fingerprint density at radius 1 is 1.35 bits per heavy atom. The van der Waals surface area contributed by atoms with E-state index in [0.717, 1.165) is 5.56 Å². The van der Waals surface area contributed by atoms with E-state index in [0.29, 0.717) is 12.8 Å². The number of hydrogen-bond donors (Lipinski definition) is 2. The van der Waals surface area contributed by atoms with Gasteiger partial charge < -0.3 is 20.0 Å². The number of carbonyl (C=O) groups is 2. The third-order valence-electron chi connectivity index (χ3n) is 3.87. The Kier molecular flexibility index (Phi) is 5.82. The number of nitrogens with one attached hydrogen (secondary N) is 2. The summed E-state index contributed by atoms with van der Waals surface area (Å²) in [6, 6.07) is 8.24. The Morgan fingerprint density at radius 3 is 2.74 bits per heavy atom. The molecule has 3 unspecified atom stereocenters. The van der Waals surface area contributed by atoms with Crippen LogP contribution >= 0.6 is 0 Å². The van der Waals surface area contributed by atoms with E-state index >= 15 is 0 Å². The van der Waals surface area contributed by atoms with Crippen molar-refractivity contribution in [3.8, 4) is 0 Å². The van der Waals surface area contributed by atoms with Crippen molar-refractivity contribution in [2.45, 2.75) is 38.0 Å². The molecule has 0 aromatic heterocycles. The van der Waals surface area contributed by atoms with E-state index in [2.05, 4.69) is 15.3 Å². The zero-order valence-corrected chi connectivity index (χ0v) is 12.5. The number of hydrogen-bond acceptors (Lipinski definition) is 6. The van der Waals surface area contributed by atoms with Gasteiger partial charge in [-0.1, -0.05) is 30.3 Å². The van der Waals surface area contributed by atoms with E-state index in [1.807, 2.05) is 30.3 Å². The first-order chi connectivity index (χ1) is 11.1. The van der Waals surface area contributed by atoms with Gasteiger partial charge in [0.25, 0.3) is 0 Å². The van der Waals surface area contributed by atoms with Gasteiger partial charge in [-0.15, -0.1) is 0 Å². The highest BCUT2D eigenvalue weighted by Crippen LogP contribution is 2.26. The average Bonchev–Trinajstić information content (AvgIpc) is 2.55. The number of nitrogens with zero attached hydrogens (tertiary/aromatic N) is 2. The van der Waals surface area contributed by atoms with Gasteiger partial charge in [-0.05, 0) is 24.8 Å². The smallest absolute Gasteiger partial charge is 0.407 e. The van der Waals surface area contributed by atoms with Gasteiger partial charge in [0.1, 0.15) is 17.3 Å². The average molecular weight is 318 g/mol. The van der Waals surface area contributed by atoms with Crippen molar-refractivity contribution in [1.29, 1.82) is 5.53 Å². The van der Waals surface area contributed by atoms with Gasteiger partial charge in [-0.2, -0.15) is 0 Å². The Labute approximate surface area is 133 Å². The van der Waals surface area contributed by atoms with Gasteiger partial charge in [-0.25, -0.2) is 4.79 Å². The predicted octanol–water partition coefficient (Wildman–Crippen LogP) is 0.750. The van der Waals surface area contributed by atoms with Gasteiger partial charge in [0.05, 0.1) is 6.04 Å². The molecule has 0 aliphatic heterocycles. The summed E-state index contributed by atoms with van der Waals surface area (Å²) in [6.07, 6.45) is 0.350. The van der Waals surface area contributed by atoms with Crippen LogP contribution in [0.4, 0.5) is 4.79 Å². The first-order valence-electron chi connectivity index (χ1n) is 7.34. The summed E-state index contributed by atoms with van der Waals surface area (Å²) >= 11 is 0. The molecule has 0 heterocycles. The van der Waals surface area contributed by atoms with E-state index in [-0.39, 0.29) is 13.0 Å². The van der Waals surface area contributed by atoms with Crippen molar-refractivity contribution in [3.63, 3.8) is 0 Å². The molecule has 1 aromatic rings. The Balaban J connectivity index is 1.92. The normalized spacial score (nSPS) is 23.4. The van der Waals surface area contributed by atoms with Gasteiger partial charge in [-0.3, -0.25) is 0 Å². The summed E-state index contributed by atoms with van der Waals surface area (Å²) in [6.45, 7) is 0.119. The second-order valence-corrected chi connectivity index (χ2v) is 5.42. The predicted molar refractivity (Wildman–Crippen MR) is 77.0 cm³/mol. The molecular weight excluding hydrogens is 300 g/mol. The van der Waals surface area contributed by atoms with Crippen molar-refractivity contribution in [2.24, 2.45) is 11.0 Å². The lowest BCUT2D eigenvalue weighted by Crippen LogP contribution is -2.49. The number of carbonyl (C=O) groups excluding carboxylic acids is 2. The van der Waals surface area contributed by atoms with Crippen molar-refractivity contribution < 1.29 is 19.4 Å². The van der Waals surface area contributed by atoms with Crippen molar-refractivity contribution in [3.05, 3.63) is 35.9 Å². The van der Waals surface area contributed by atoms with Crippen LogP contribution in [0.3, 0.4) is 0 Å². The fourth-order valence-electron chi connectivity index (χ4n) is 2.65. The van der Waals surface area contributed by atoms with Gasteiger partial charge in [0, 0.05) is 11.9 Å². The number of rotatable bonds is 5. The van der Waals surface area contributed by atoms with Crippen molar-refractivity contribution in [2.75, 3.05) is 0 Å². The molecule has 0 bridgehead atoms. The molecule has 1 saturated carbocycles. The van der Waals surface area contributed by atoms with Crippen LogP contribution in [0.1, 0.15) is 24.8 Å². The van der Waals surface area contributed by atoms with Gasteiger partial charge in [0.2, 0.25) is 4.91 Å². The highest BCUT2D eigenvalue weighted by Gasteiger charge is 2.35. The molecule has 1 amide bonds. The standard InChI is InChI=1S/C15H18N4O4/c16-19-18-12-7-6-11(14(20)21)8-13(12)17-15(22)23-9-10-4-2-1-3-5-10/h1-5,11-13,16H,6-9H2,(H-,17,20,21,22). The lowest BCUT2D eigenvalue weighted by atomic mass is 9.83. The molecule has 8 heteroatoms. The molecule has 1 aromatic carbocycles. The summed E-state index contributed by atoms with van der Waals surface area (Å²) in [5.41, 5.74) is 7.67. The van der Waals surface area contributed by atoms with Crippen LogP contribution in [0.2, 0.25) is 0 Å². The number of ether oxygens (including phenoxy) is 1. The number of carboxylic acids is 1. The summed E-state index contributed by atoms with van der Waals surface area (Å²) in [5.74, 6) is -1.79. The summed E-state index contributed by atoms with van der Waals surface area (Å²) in [7, 11) is 0. The Morgan fingerprint density at radius 2 is 2.09 bits per heavy atom. The Bertz CT molecular complexity index is 601. The molecule has 8 nitrogen and oxygen atoms in total. The van der Waals surface area contributed by atoms with E-state index in [9.17, 15) is 14.7 Å². The third-order valence-corrected chi connectivity index (χ3v) is 3.87. The first-order valence-corrected chi connectivity index (χ1v) is 7.34. The maximum atomic E-state index is 11.9. The molecule has 1 fully saturated rings. The van der Waals surface area contributed by atoms with Crippen LogP contribution in [0.25, 0.3) is 0 Å². The fourth-order valence-corrected chi connectivity index (χ4v) is 2.65. The molecule has 23 heavy (non-hydrogen) atoms. The molecule has 3 atom stereocenters. The number of benzene rings is 1. The molecule has 2 N–H and O–H groups in total. The van der Waals surface area contributed by atoms with Crippen LogP contribution in [-0.4, -0.2) is 24.1 Å². The van der Waals surface area contributed by atoms with Gasteiger partial charge >= 0.3 is 6.09 Å². The van der Waals surface area contributed by atoms with Crippen LogP contribution in [0.15, 0.2) is 35.4 Å². The van der Waals surface area contributed by atoms with Gasteiger partial charge in [0.15, 0.2) is 6.04 Å². The Hall–Kier alpha value is -2.73. The van der Waals surface area contributed by atoms with Crippen molar-refractivity contribution >= 4 is 12.1 Å². The topological polar surface area (TPSA) is 129 Å². The highest BCUT2D eigenvalue weighted by molar-refractivity contribution is 5.69. The maximum Gasteiger partial charge on any atom is 0.407 e. The molecule has 0 radical (unpaired) electrons. The van der Waals surface area contributed by atoms with E-state index < -0.39 is 30.1 Å². The minimum absolute atomic E-state index is 0.119. The van der Waals surface area contributed by atoms with Crippen LogP contribution < -0.4 is 15.3 Å². The lowest BCUT2D eigenvalue weighted by Gasteiger charge is -2.31. The summed E-state index contributed by atoms with van der Waals surface area (Å²) in [4.78, 5) is 25.9. The SMILES string of the molecule is N=[N+]=NC1CCC(C(=O)[O-])CC1NC(=O)OCc1ccccc1. The second kappa shape index (κ2) is 8.05. The minimum Gasteiger partial charge on any atom is -0.550 e. The quantitative estimate of drug-likeness (QED) is 0.613. The monoisotopic (exact) mass is 318 g/mol. The number of alkyl carbamates (subject to hydrolysis) is 1. The molecular formula is C15H18N4O4. The van der Waals surface area contributed by atoms with E-state index in [4.69, 9.17) is 10.3 Å². The van der Waals surface area contributed by atoms with Crippen LogP contribution in [-0.2, 0) is 16.1 Å². The molecule has 1 aliphatic rings. The minimum atomic E-state index is -1.14. The summed E-state index contributed by atoms with van der Waals surface area (Å²) < 4.78 is 5.12. The van der Waals surface area contributed by atoms with Crippen LogP contribution in [0, 0.1) is 11.4 Å². The van der Waals surface area contributed by atoms with Crippen LogP contribution in [0.5, 0.6) is 0 Å². The van der Waals surface area contributed by atoms with Crippen molar-refractivity contribution in [1.82, 2.24) is 10.2 Å². The molecule has 1 aliphatic carbocycles. The second-order valence-electron chi connectivity index (χ2n) is 5.42. The van der Waals surface area contributed by atoms with E-state index in [1.165, 1.54) is 0 Å². The first kappa shape index (κ1) is 16.6. The highest BCUT2D eigenvalue weighted by atomic mass is 16.5. The maximum absolute atomic E-state index is 11.9. The lowest BCUT2D eigenvalue weighted by molar-refractivity contribution is -0.312. The molecule has 2 rings (SSSR count). The molecule has 122 valence electrons. The molecule has 0 saturated heterocycles. The fraction of sp³-hybridized carbons (Fsp3) is 0.467. The van der Waals surface area contributed by atoms with E-state index in [1.54, 1.807) is 0 Å². The largest absolute Gasteiger partial charge is 0.550 e. The summed E-state index contributed by atoms with van der Waals surface area (Å²) in [5, 5.41) is 17.4. The molecule has 0 spiro atoms. The zero-order valence-electron chi connectivity index (χ0n) is 12.5. The number of amides is 1. The zero-order chi connectivity index (χ0) is 16.7. The number of carboxylic acid groups (broad SMARTS) is 1. The third kappa shape index (κ3) is 4.89.